The van der Waals surface area contributed by atoms with Crippen LogP contribution in [0.1, 0.15) is 26.3 Å². The van der Waals surface area contributed by atoms with Crippen LogP contribution in [0.5, 0.6) is 5.75 Å². The molecule has 5 nitrogen and oxygen atoms in total. The van der Waals surface area contributed by atoms with E-state index in [4.69, 9.17) is 4.74 Å². The number of aromatic hydroxyl groups is 1. The molecule has 0 bridgehead atoms. The van der Waals surface area contributed by atoms with Crippen molar-refractivity contribution in [1.29, 1.82) is 0 Å². The van der Waals surface area contributed by atoms with E-state index in [2.05, 4.69) is 4.90 Å². The first-order valence-electron chi connectivity index (χ1n) is 7.29. The molecule has 0 aliphatic carbocycles. The minimum absolute atomic E-state index is 0.246. The van der Waals surface area contributed by atoms with Crippen LogP contribution in [-0.2, 0) is 4.74 Å². The number of rotatable bonds is 1. The molecule has 0 spiro atoms. The quantitative estimate of drug-likeness (QED) is 0.864. The monoisotopic (exact) mass is 292 g/mol. The van der Waals surface area contributed by atoms with Gasteiger partial charge >= 0.3 is 6.09 Å². The number of phenols is 1. The van der Waals surface area contributed by atoms with E-state index in [0.717, 1.165) is 24.3 Å². The summed E-state index contributed by atoms with van der Waals surface area (Å²) in [5.74, 6) is 0.281. The number of anilines is 1. The average Bonchev–Trinajstić information content (AvgIpc) is 2.37. The molecule has 5 heteroatoms. The van der Waals surface area contributed by atoms with Gasteiger partial charge in [0.05, 0.1) is 0 Å². The second-order valence-corrected chi connectivity index (χ2v) is 6.43. The van der Waals surface area contributed by atoms with Crippen LogP contribution in [0.15, 0.2) is 18.2 Å². The lowest BCUT2D eigenvalue weighted by atomic mass is 10.1. The maximum atomic E-state index is 12.0. The number of carbonyl (C=O) groups is 1. The number of amides is 1. The zero-order valence-electron chi connectivity index (χ0n) is 13.2. The summed E-state index contributed by atoms with van der Waals surface area (Å²) >= 11 is 0. The van der Waals surface area contributed by atoms with Crippen molar-refractivity contribution in [2.24, 2.45) is 0 Å². The van der Waals surface area contributed by atoms with Gasteiger partial charge in [-0.05, 0) is 51.5 Å². The lowest BCUT2D eigenvalue weighted by molar-refractivity contribution is 0.0240. The highest BCUT2D eigenvalue weighted by Crippen LogP contribution is 2.25. The van der Waals surface area contributed by atoms with E-state index in [1.54, 1.807) is 17.0 Å². The lowest BCUT2D eigenvalue weighted by Gasteiger charge is -2.37. The van der Waals surface area contributed by atoms with E-state index in [-0.39, 0.29) is 11.8 Å². The molecule has 1 aliphatic heterocycles. The van der Waals surface area contributed by atoms with E-state index < -0.39 is 5.60 Å². The third-order valence-corrected chi connectivity index (χ3v) is 3.45. The minimum Gasteiger partial charge on any atom is -0.508 e. The maximum Gasteiger partial charge on any atom is 0.410 e. The van der Waals surface area contributed by atoms with Crippen LogP contribution in [0.25, 0.3) is 0 Å². The van der Waals surface area contributed by atoms with Gasteiger partial charge in [0.25, 0.3) is 0 Å². The first kappa shape index (κ1) is 15.5. The molecule has 1 heterocycles. The molecule has 0 radical (unpaired) electrons. The Morgan fingerprint density at radius 1 is 1.19 bits per heavy atom. The number of carbonyl (C=O) groups excluding carboxylic acids is 1. The molecular weight excluding hydrogens is 268 g/mol. The van der Waals surface area contributed by atoms with Crippen LogP contribution in [0, 0.1) is 6.92 Å². The number of phenolic OH excluding ortho intramolecular Hbond substituents is 1. The second-order valence-electron chi connectivity index (χ2n) is 6.43. The second kappa shape index (κ2) is 5.84. The standard InChI is InChI=1S/C16H24N2O3/c1-12-11-13(19)5-6-14(12)17-7-9-18(10-8-17)15(20)21-16(2,3)4/h5-6,11,19H,7-10H2,1-4H3. The normalized spacial score (nSPS) is 16.0. The predicted octanol–water partition coefficient (Wildman–Crippen LogP) is 2.76. The highest BCUT2D eigenvalue weighted by Gasteiger charge is 2.26. The van der Waals surface area contributed by atoms with Gasteiger partial charge in [-0.2, -0.15) is 0 Å². The fraction of sp³-hybridized carbons (Fsp3) is 0.562. The van der Waals surface area contributed by atoms with E-state index in [9.17, 15) is 9.90 Å². The van der Waals surface area contributed by atoms with Gasteiger partial charge in [-0.1, -0.05) is 0 Å². The molecule has 1 aromatic carbocycles. The zero-order valence-corrected chi connectivity index (χ0v) is 13.2. The first-order valence-corrected chi connectivity index (χ1v) is 7.29. The summed E-state index contributed by atoms with van der Waals surface area (Å²) in [6.07, 6.45) is -0.246. The Hall–Kier alpha value is -1.91. The third-order valence-electron chi connectivity index (χ3n) is 3.45. The Bertz CT molecular complexity index is 515. The molecule has 0 saturated carbocycles. The van der Waals surface area contributed by atoms with Crippen LogP contribution in [-0.4, -0.2) is 47.9 Å². The number of hydrogen-bond donors (Lipinski definition) is 1. The molecule has 0 atom stereocenters. The Balaban J connectivity index is 1.95. The molecule has 21 heavy (non-hydrogen) atoms. The van der Waals surface area contributed by atoms with Gasteiger partial charge in [-0.15, -0.1) is 0 Å². The van der Waals surface area contributed by atoms with E-state index in [1.165, 1.54) is 0 Å². The number of hydrogen-bond acceptors (Lipinski definition) is 4. The molecule has 1 fully saturated rings. The van der Waals surface area contributed by atoms with Crippen molar-refractivity contribution in [3.05, 3.63) is 23.8 Å². The van der Waals surface area contributed by atoms with Crippen LogP contribution in [0.2, 0.25) is 0 Å². The maximum absolute atomic E-state index is 12.0. The lowest BCUT2D eigenvalue weighted by Crippen LogP contribution is -2.50. The Kier molecular flexibility index (Phi) is 4.30. The summed E-state index contributed by atoms with van der Waals surface area (Å²) in [6, 6.07) is 5.38. The summed E-state index contributed by atoms with van der Waals surface area (Å²) in [6.45, 7) is 10.4. The fourth-order valence-corrected chi connectivity index (χ4v) is 2.45. The van der Waals surface area contributed by atoms with Crippen molar-refractivity contribution in [2.45, 2.75) is 33.3 Å². The highest BCUT2D eigenvalue weighted by molar-refractivity contribution is 5.69. The highest BCUT2D eigenvalue weighted by atomic mass is 16.6. The Labute approximate surface area is 126 Å². The van der Waals surface area contributed by atoms with Crippen molar-refractivity contribution < 1.29 is 14.6 Å². The smallest absolute Gasteiger partial charge is 0.410 e. The molecule has 2 rings (SSSR count). The molecule has 1 N–H and O–H groups in total. The van der Waals surface area contributed by atoms with E-state index in [1.807, 2.05) is 33.8 Å². The van der Waals surface area contributed by atoms with Gasteiger partial charge in [-0.3, -0.25) is 0 Å². The van der Waals surface area contributed by atoms with E-state index in [0.29, 0.717) is 13.1 Å². The van der Waals surface area contributed by atoms with Crippen LogP contribution >= 0.6 is 0 Å². The average molecular weight is 292 g/mol. The van der Waals surface area contributed by atoms with Gasteiger partial charge in [0.1, 0.15) is 11.4 Å². The molecule has 1 aliphatic rings. The first-order chi connectivity index (χ1) is 9.76. The molecule has 1 aromatic rings. The van der Waals surface area contributed by atoms with Gasteiger partial charge in [0, 0.05) is 31.9 Å². The van der Waals surface area contributed by atoms with Crippen molar-refractivity contribution in [2.75, 3.05) is 31.1 Å². The molecule has 1 saturated heterocycles. The zero-order chi connectivity index (χ0) is 15.6. The minimum atomic E-state index is -0.457. The van der Waals surface area contributed by atoms with Gasteiger partial charge in [-0.25, -0.2) is 4.79 Å². The van der Waals surface area contributed by atoms with Crippen molar-refractivity contribution in [3.8, 4) is 5.75 Å². The SMILES string of the molecule is Cc1cc(O)ccc1N1CCN(C(=O)OC(C)(C)C)CC1. The fourth-order valence-electron chi connectivity index (χ4n) is 2.45. The third kappa shape index (κ3) is 4.03. The van der Waals surface area contributed by atoms with E-state index >= 15 is 0 Å². The van der Waals surface area contributed by atoms with Gasteiger partial charge < -0.3 is 19.6 Å². The molecule has 1 amide bonds. The molecular formula is C16H24N2O3. The number of ether oxygens (including phenoxy) is 1. The molecule has 116 valence electrons. The summed E-state index contributed by atoms with van der Waals surface area (Å²) in [5, 5.41) is 9.47. The Morgan fingerprint density at radius 2 is 1.81 bits per heavy atom. The van der Waals surface area contributed by atoms with Crippen molar-refractivity contribution in [3.63, 3.8) is 0 Å². The van der Waals surface area contributed by atoms with Crippen LogP contribution in [0.3, 0.4) is 0 Å². The number of aryl methyl sites for hydroxylation is 1. The largest absolute Gasteiger partial charge is 0.508 e. The Morgan fingerprint density at radius 3 is 2.33 bits per heavy atom. The molecule has 0 aromatic heterocycles. The van der Waals surface area contributed by atoms with Gasteiger partial charge in [0.15, 0.2) is 0 Å². The summed E-state index contributed by atoms with van der Waals surface area (Å²) in [5.41, 5.74) is 1.69. The number of nitrogens with zero attached hydrogens (tertiary/aromatic N) is 2. The van der Waals surface area contributed by atoms with Crippen molar-refractivity contribution in [1.82, 2.24) is 4.90 Å². The molecule has 0 unspecified atom stereocenters. The topological polar surface area (TPSA) is 53.0 Å². The van der Waals surface area contributed by atoms with Crippen molar-refractivity contribution >= 4 is 11.8 Å². The summed E-state index contributed by atoms with van der Waals surface area (Å²) < 4.78 is 5.39. The predicted molar refractivity (Wildman–Crippen MR) is 82.9 cm³/mol. The van der Waals surface area contributed by atoms with Gasteiger partial charge in [0.2, 0.25) is 0 Å². The summed E-state index contributed by atoms with van der Waals surface area (Å²) in [4.78, 5) is 16.0. The summed E-state index contributed by atoms with van der Waals surface area (Å²) in [7, 11) is 0. The van der Waals surface area contributed by atoms with Crippen LogP contribution in [0.4, 0.5) is 10.5 Å². The number of piperazine rings is 1. The number of benzene rings is 1. The van der Waals surface area contributed by atoms with Crippen LogP contribution < -0.4 is 4.90 Å².